The summed E-state index contributed by atoms with van der Waals surface area (Å²) >= 11 is 1.60. The zero-order valence-electron chi connectivity index (χ0n) is 21.2. The fourth-order valence-corrected chi connectivity index (χ4v) is 8.70. The molecule has 3 aliphatic heterocycles. The lowest BCUT2D eigenvalue weighted by Gasteiger charge is -2.35. The lowest BCUT2D eigenvalue weighted by molar-refractivity contribution is -0.155. The van der Waals surface area contributed by atoms with Crippen molar-refractivity contribution in [2.24, 2.45) is 11.8 Å². The first-order valence-electron chi connectivity index (χ1n) is 12.6. The predicted molar refractivity (Wildman–Crippen MR) is 137 cm³/mol. The van der Waals surface area contributed by atoms with Crippen molar-refractivity contribution in [3.05, 3.63) is 24.3 Å². The molecule has 3 saturated heterocycles. The van der Waals surface area contributed by atoms with Crippen LogP contribution in [0.25, 0.3) is 0 Å². The lowest BCUT2D eigenvalue weighted by atomic mass is 9.66. The smallest absolute Gasteiger partial charge is 0.311 e. The van der Waals surface area contributed by atoms with Gasteiger partial charge in [-0.25, -0.2) is 0 Å². The third-order valence-corrected chi connectivity index (χ3v) is 9.99. The quantitative estimate of drug-likeness (QED) is 0.500. The van der Waals surface area contributed by atoms with Crippen molar-refractivity contribution in [2.75, 3.05) is 36.5 Å². The Morgan fingerprint density at radius 1 is 1.23 bits per heavy atom. The molecule has 2 bridgehead atoms. The van der Waals surface area contributed by atoms with Crippen LogP contribution >= 0.6 is 11.8 Å². The fourth-order valence-electron chi connectivity index (χ4n) is 6.37. The fraction of sp³-hybridized carbons (Fsp3) is 0.654. The van der Waals surface area contributed by atoms with E-state index in [2.05, 4.69) is 24.1 Å². The average Bonchev–Trinajstić information content (AvgIpc) is 3.41. The Morgan fingerprint density at radius 3 is 2.46 bits per heavy atom. The van der Waals surface area contributed by atoms with Gasteiger partial charge in [-0.2, -0.15) is 0 Å². The maximum atomic E-state index is 13.8. The highest BCUT2D eigenvalue weighted by Crippen LogP contribution is 2.71. The number of rotatable bonds is 9. The van der Waals surface area contributed by atoms with Gasteiger partial charge >= 0.3 is 5.97 Å². The first kappa shape index (κ1) is 25.8. The highest BCUT2D eigenvalue weighted by atomic mass is 32.2. The molecule has 0 aromatic heterocycles. The summed E-state index contributed by atoms with van der Waals surface area (Å²) in [7, 11) is 0. The highest BCUT2D eigenvalue weighted by molar-refractivity contribution is 8.02. The van der Waals surface area contributed by atoms with E-state index in [-0.39, 0.29) is 31.0 Å². The van der Waals surface area contributed by atoms with E-state index in [1.807, 2.05) is 31.2 Å². The molecule has 1 aromatic carbocycles. The zero-order valence-corrected chi connectivity index (χ0v) is 22.1. The molecule has 1 aromatic rings. The molecule has 1 spiro atoms. The lowest BCUT2D eigenvalue weighted by Crippen LogP contribution is -2.54. The second-order valence-electron chi connectivity index (χ2n) is 9.97. The van der Waals surface area contributed by atoms with E-state index in [0.29, 0.717) is 12.1 Å². The van der Waals surface area contributed by atoms with Crippen LogP contribution in [0.5, 0.6) is 0 Å². The van der Waals surface area contributed by atoms with Gasteiger partial charge in [0.05, 0.1) is 35.8 Å². The highest BCUT2D eigenvalue weighted by Gasteiger charge is 2.77. The number of thioether (sulfide) groups is 1. The van der Waals surface area contributed by atoms with Gasteiger partial charge in [-0.3, -0.25) is 14.4 Å². The summed E-state index contributed by atoms with van der Waals surface area (Å²) in [5, 5.41) is 13.0. The van der Waals surface area contributed by atoms with Crippen LogP contribution in [0.15, 0.2) is 24.3 Å². The summed E-state index contributed by atoms with van der Waals surface area (Å²) in [5.74, 6) is -2.13. The van der Waals surface area contributed by atoms with Crippen LogP contribution in [0.4, 0.5) is 11.4 Å². The Labute approximate surface area is 211 Å². The number of fused-ring (bicyclic) bond motifs is 1. The van der Waals surface area contributed by atoms with Crippen molar-refractivity contribution >= 4 is 40.9 Å². The number of likely N-dealkylation sites (tertiary alicyclic amines) is 1. The number of hydrogen-bond donors (Lipinski definition) is 2. The molecule has 6 atom stereocenters. The molecule has 3 fully saturated rings. The third-order valence-electron chi connectivity index (χ3n) is 8.01. The maximum absolute atomic E-state index is 13.8. The minimum absolute atomic E-state index is 0.238. The van der Waals surface area contributed by atoms with E-state index in [1.165, 1.54) is 4.90 Å². The van der Waals surface area contributed by atoms with Crippen molar-refractivity contribution in [1.29, 1.82) is 0 Å². The van der Waals surface area contributed by atoms with Gasteiger partial charge in [0.15, 0.2) is 0 Å². The molecule has 35 heavy (non-hydrogen) atoms. The number of nitrogens with one attached hydrogen (secondary N) is 1. The largest absolute Gasteiger partial charge is 0.466 e. The molecule has 8 nitrogen and oxygen atoms in total. The third kappa shape index (κ3) is 4.00. The van der Waals surface area contributed by atoms with Gasteiger partial charge in [-0.05, 0) is 71.7 Å². The van der Waals surface area contributed by atoms with Gasteiger partial charge in [0.25, 0.3) is 0 Å². The molecule has 2 N–H and O–H groups in total. The molecule has 3 heterocycles. The van der Waals surface area contributed by atoms with Gasteiger partial charge < -0.3 is 25.0 Å². The van der Waals surface area contributed by atoms with Crippen LogP contribution in [0.2, 0.25) is 0 Å². The van der Waals surface area contributed by atoms with E-state index < -0.39 is 33.4 Å². The molecule has 3 aliphatic rings. The molecule has 0 aliphatic carbocycles. The monoisotopic (exact) mass is 503 g/mol. The number of amides is 2. The van der Waals surface area contributed by atoms with E-state index in [0.717, 1.165) is 25.2 Å². The normalized spacial score (nSPS) is 31.9. The second-order valence-corrected chi connectivity index (χ2v) is 11.9. The summed E-state index contributed by atoms with van der Waals surface area (Å²) in [6.07, 6.45) is 1.39. The van der Waals surface area contributed by atoms with Crippen molar-refractivity contribution in [3.8, 4) is 0 Å². The molecular weight excluding hydrogens is 466 g/mol. The van der Waals surface area contributed by atoms with E-state index in [9.17, 15) is 19.5 Å². The number of aliphatic hydroxyl groups is 1. The van der Waals surface area contributed by atoms with Crippen molar-refractivity contribution in [2.45, 2.75) is 69.0 Å². The molecule has 192 valence electrons. The van der Waals surface area contributed by atoms with E-state index >= 15 is 0 Å². The summed E-state index contributed by atoms with van der Waals surface area (Å²) < 4.78 is 4.20. The van der Waals surface area contributed by atoms with Crippen molar-refractivity contribution in [3.63, 3.8) is 0 Å². The molecule has 4 rings (SSSR count). The van der Waals surface area contributed by atoms with Crippen LogP contribution in [0.3, 0.4) is 0 Å². The van der Waals surface area contributed by atoms with Crippen LogP contribution in [-0.4, -0.2) is 75.7 Å². The molecule has 9 heteroatoms. The Bertz CT molecular complexity index is 984. The van der Waals surface area contributed by atoms with Crippen LogP contribution in [-0.2, 0) is 19.1 Å². The average molecular weight is 504 g/mol. The molecular formula is C26H37N3O5S. The predicted octanol–water partition coefficient (Wildman–Crippen LogP) is 2.90. The number of aliphatic hydroxyl groups excluding tert-OH is 1. The van der Waals surface area contributed by atoms with Crippen molar-refractivity contribution < 1.29 is 24.2 Å². The minimum Gasteiger partial charge on any atom is -0.466 e. The van der Waals surface area contributed by atoms with E-state index in [4.69, 9.17) is 4.74 Å². The number of esters is 1. The topological polar surface area (TPSA) is 99.2 Å². The minimum atomic E-state index is -0.782. The molecule has 0 radical (unpaired) electrons. The van der Waals surface area contributed by atoms with Gasteiger partial charge in [0, 0.05) is 29.2 Å². The summed E-state index contributed by atoms with van der Waals surface area (Å²) in [4.78, 5) is 44.4. The Hall–Kier alpha value is -2.26. The number of carbonyl (C=O) groups excluding carboxylic acids is 3. The standard InChI is InChI=1S/C26H37N3O5S/c1-6-28(7-2)18-11-9-17(10-12-18)27-22(31)21-26-14-13-25(5,35-26)20(24(33)34-8-3)19(26)23(32)29(21)16(4)15-30/h9-12,16,19-21,30H,6-8,13-15H2,1-5H3,(H,27,31)/t16-,19+,20+,21?,25-,26?/m1/s1. The van der Waals surface area contributed by atoms with Crippen molar-refractivity contribution in [1.82, 2.24) is 4.90 Å². The number of anilines is 2. The Kier molecular flexibility index (Phi) is 7.12. The second kappa shape index (κ2) is 9.65. The maximum Gasteiger partial charge on any atom is 0.311 e. The van der Waals surface area contributed by atoms with Gasteiger partial charge in [-0.1, -0.05) is 0 Å². The first-order chi connectivity index (χ1) is 16.7. The number of carbonyl (C=O) groups is 3. The number of nitrogens with zero attached hydrogens (tertiary/aromatic N) is 2. The van der Waals surface area contributed by atoms with Crippen LogP contribution < -0.4 is 10.2 Å². The van der Waals surface area contributed by atoms with Gasteiger partial charge in [-0.15, -0.1) is 11.8 Å². The Morgan fingerprint density at radius 2 is 1.89 bits per heavy atom. The van der Waals surface area contributed by atoms with Crippen LogP contribution in [0.1, 0.15) is 47.5 Å². The van der Waals surface area contributed by atoms with Gasteiger partial charge in [0.1, 0.15) is 6.04 Å². The Balaban J connectivity index is 1.67. The van der Waals surface area contributed by atoms with Crippen LogP contribution in [0, 0.1) is 11.8 Å². The first-order valence-corrected chi connectivity index (χ1v) is 13.4. The molecule has 2 unspecified atom stereocenters. The number of ether oxygens (including phenoxy) is 1. The molecule has 0 saturated carbocycles. The van der Waals surface area contributed by atoms with E-state index in [1.54, 1.807) is 25.6 Å². The summed E-state index contributed by atoms with van der Waals surface area (Å²) in [5.41, 5.74) is 1.73. The summed E-state index contributed by atoms with van der Waals surface area (Å²) in [6.45, 7) is 11.5. The number of hydrogen-bond acceptors (Lipinski definition) is 7. The summed E-state index contributed by atoms with van der Waals surface area (Å²) in [6, 6.07) is 6.38. The zero-order chi connectivity index (χ0) is 25.5. The number of benzene rings is 1. The SMILES string of the molecule is CCOC(=O)[C@@H]1[C@H]2C(=O)N([C@H](C)CO)C(C(=O)Nc3ccc(N(CC)CC)cc3)C23CC[C@@]1(C)S3. The molecule has 2 amide bonds. The van der Waals surface area contributed by atoms with Gasteiger partial charge in [0.2, 0.25) is 11.8 Å².